The highest BCUT2D eigenvalue weighted by Gasteiger charge is 2.31. The zero-order valence-corrected chi connectivity index (χ0v) is 11.7. The Balaban J connectivity index is 2.60. The molecule has 20 heavy (non-hydrogen) atoms. The van der Waals surface area contributed by atoms with Crippen molar-refractivity contribution in [3.63, 3.8) is 0 Å². The maximum absolute atomic E-state index is 12.8. The lowest BCUT2D eigenvalue weighted by Gasteiger charge is -2.12. The van der Waals surface area contributed by atoms with E-state index < -0.39 is 17.7 Å². The van der Waals surface area contributed by atoms with Gasteiger partial charge in [-0.1, -0.05) is 11.6 Å². The summed E-state index contributed by atoms with van der Waals surface area (Å²) in [5.41, 5.74) is -0.286. The van der Waals surface area contributed by atoms with Crippen molar-refractivity contribution in [2.75, 3.05) is 0 Å². The number of esters is 1. The molecule has 1 heterocycles. The number of benzene rings is 1. The molecule has 0 amide bonds. The van der Waals surface area contributed by atoms with Gasteiger partial charge in [-0.25, -0.2) is 0 Å². The lowest BCUT2D eigenvalue weighted by molar-refractivity contribution is -0.137. The van der Waals surface area contributed by atoms with Crippen LogP contribution in [0.2, 0.25) is 4.34 Å². The number of carbonyl (C=O) groups excluding carboxylic acids is 1. The van der Waals surface area contributed by atoms with Gasteiger partial charge < -0.3 is 4.74 Å². The van der Waals surface area contributed by atoms with E-state index in [1.807, 2.05) is 0 Å². The van der Waals surface area contributed by atoms with Gasteiger partial charge in [0.25, 0.3) is 0 Å². The number of carbonyl (C=O) groups is 1. The second kappa shape index (κ2) is 5.46. The van der Waals surface area contributed by atoms with E-state index in [4.69, 9.17) is 16.3 Å². The van der Waals surface area contributed by atoms with Crippen molar-refractivity contribution in [2.45, 2.75) is 13.1 Å². The summed E-state index contributed by atoms with van der Waals surface area (Å²) in [6.45, 7) is 1.18. The first-order valence-corrected chi connectivity index (χ1v) is 6.68. The second-order valence-corrected chi connectivity index (χ2v) is 5.43. The first-order chi connectivity index (χ1) is 9.29. The van der Waals surface area contributed by atoms with Crippen molar-refractivity contribution in [1.82, 2.24) is 0 Å². The Labute approximate surface area is 121 Å². The third kappa shape index (κ3) is 3.13. The molecule has 0 fully saturated rings. The minimum atomic E-state index is -4.48. The molecule has 2 nitrogen and oxygen atoms in total. The molecule has 1 aromatic carbocycles. The molecular formula is C13H8ClF3O2S. The van der Waals surface area contributed by atoms with Crippen LogP contribution in [-0.4, -0.2) is 5.97 Å². The van der Waals surface area contributed by atoms with Crippen LogP contribution in [0.3, 0.4) is 0 Å². The minimum Gasteiger partial charge on any atom is -0.426 e. The van der Waals surface area contributed by atoms with Crippen molar-refractivity contribution in [3.8, 4) is 16.9 Å². The summed E-state index contributed by atoms with van der Waals surface area (Å²) in [7, 11) is 0. The predicted octanol–water partition coefficient (Wildman–Crippen LogP) is 5.01. The fourth-order valence-electron chi connectivity index (χ4n) is 1.65. The Kier molecular flexibility index (Phi) is 4.06. The van der Waals surface area contributed by atoms with Crippen molar-refractivity contribution in [3.05, 3.63) is 39.5 Å². The third-order valence-corrected chi connectivity index (χ3v) is 3.64. The van der Waals surface area contributed by atoms with Gasteiger partial charge in [0.15, 0.2) is 0 Å². The summed E-state index contributed by atoms with van der Waals surface area (Å²) in [6.07, 6.45) is -4.48. The predicted molar refractivity (Wildman–Crippen MR) is 71.1 cm³/mol. The van der Waals surface area contributed by atoms with E-state index in [1.165, 1.54) is 18.3 Å². The van der Waals surface area contributed by atoms with Gasteiger partial charge in [-0.05, 0) is 29.6 Å². The maximum atomic E-state index is 12.8. The van der Waals surface area contributed by atoms with Crippen LogP contribution >= 0.6 is 22.9 Å². The van der Waals surface area contributed by atoms with Crippen molar-refractivity contribution in [1.29, 1.82) is 0 Å². The van der Waals surface area contributed by atoms with Crippen LogP contribution in [0.25, 0.3) is 11.1 Å². The monoisotopic (exact) mass is 320 g/mol. The molecule has 0 radical (unpaired) electrons. The molecule has 0 aliphatic heterocycles. The van der Waals surface area contributed by atoms with Gasteiger partial charge >= 0.3 is 12.1 Å². The van der Waals surface area contributed by atoms with Crippen LogP contribution in [-0.2, 0) is 11.0 Å². The molecule has 0 spiro atoms. The first kappa shape index (κ1) is 14.9. The Bertz CT molecular complexity index is 649. The molecule has 2 aromatic rings. The normalized spacial score (nSPS) is 11.4. The molecule has 106 valence electrons. The number of hydrogen-bond donors (Lipinski definition) is 0. The highest BCUT2D eigenvalue weighted by Crippen LogP contribution is 2.41. The number of thiophene rings is 1. The highest BCUT2D eigenvalue weighted by atomic mass is 35.5. The average molecular weight is 321 g/mol. The zero-order chi connectivity index (χ0) is 14.9. The van der Waals surface area contributed by atoms with Crippen molar-refractivity contribution >= 4 is 28.9 Å². The molecule has 0 aliphatic carbocycles. The summed E-state index contributed by atoms with van der Waals surface area (Å²) in [6, 6.07) is 4.48. The lowest BCUT2D eigenvalue weighted by atomic mass is 10.0. The van der Waals surface area contributed by atoms with Crippen LogP contribution in [0, 0.1) is 0 Å². The molecule has 0 unspecified atom stereocenters. The largest absolute Gasteiger partial charge is 0.426 e. The minimum absolute atomic E-state index is 0.0470. The van der Waals surface area contributed by atoms with E-state index in [0.717, 1.165) is 18.2 Å². The van der Waals surface area contributed by atoms with Crippen LogP contribution < -0.4 is 4.74 Å². The van der Waals surface area contributed by atoms with Gasteiger partial charge in [0, 0.05) is 18.1 Å². The van der Waals surface area contributed by atoms with E-state index in [0.29, 0.717) is 9.90 Å². The van der Waals surface area contributed by atoms with Crippen LogP contribution in [0.15, 0.2) is 29.6 Å². The Hall–Kier alpha value is -1.53. The molecule has 1 aromatic heterocycles. The van der Waals surface area contributed by atoms with Crippen LogP contribution in [0.1, 0.15) is 12.5 Å². The fourth-order valence-corrected chi connectivity index (χ4v) is 2.59. The number of ether oxygens (including phenoxy) is 1. The number of alkyl halides is 3. The lowest BCUT2D eigenvalue weighted by Crippen LogP contribution is -2.07. The quantitative estimate of drug-likeness (QED) is 0.574. The van der Waals surface area contributed by atoms with E-state index in [1.54, 1.807) is 11.4 Å². The van der Waals surface area contributed by atoms with E-state index >= 15 is 0 Å². The number of rotatable bonds is 2. The summed E-state index contributed by atoms with van der Waals surface area (Å²) in [5.74, 6) is -0.567. The molecule has 0 N–H and O–H groups in total. The second-order valence-electron chi connectivity index (χ2n) is 3.91. The Morgan fingerprint density at radius 3 is 2.45 bits per heavy atom. The molecule has 0 aliphatic rings. The molecule has 0 bridgehead atoms. The maximum Gasteiger partial charge on any atom is 0.416 e. The standard InChI is InChI=1S/C13H8ClF3O2S/c1-7(18)19-11-3-2-8(13(15,16)17)6-10(11)9-4-5-20-12(9)14/h2-6H,1H3. The number of halogens is 4. The van der Waals surface area contributed by atoms with Gasteiger partial charge in [-0.2, -0.15) is 13.2 Å². The third-order valence-electron chi connectivity index (χ3n) is 2.47. The number of hydrogen-bond acceptors (Lipinski definition) is 3. The van der Waals surface area contributed by atoms with Crippen LogP contribution in [0.4, 0.5) is 13.2 Å². The summed E-state index contributed by atoms with van der Waals surface area (Å²) in [4.78, 5) is 11.0. The first-order valence-electron chi connectivity index (χ1n) is 5.42. The fraction of sp³-hybridized carbons (Fsp3) is 0.154. The highest BCUT2D eigenvalue weighted by molar-refractivity contribution is 7.15. The van der Waals surface area contributed by atoms with Gasteiger partial charge in [0.2, 0.25) is 0 Å². The zero-order valence-electron chi connectivity index (χ0n) is 10.1. The summed E-state index contributed by atoms with van der Waals surface area (Å²) >= 11 is 7.13. The Morgan fingerprint density at radius 1 is 1.25 bits per heavy atom. The molecule has 7 heteroatoms. The van der Waals surface area contributed by atoms with Gasteiger partial charge in [0.1, 0.15) is 10.1 Å². The molecule has 0 saturated heterocycles. The van der Waals surface area contributed by atoms with Gasteiger partial charge in [0.05, 0.1) is 5.56 Å². The Morgan fingerprint density at radius 2 is 1.95 bits per heavy atom. The van der Waals surface area contributed by atoms with Crippen LogP contribution in [0.5, 0.6) is 5.75 Å². The SMILES string of the molecule is CC(=O)Oc1ccc(C(F)(F)F)cc1-c1ccsc1Cl. The molecular weight excluding hydrogens is 313 g/mol. The van der Waals surface area contributed by atoms with Gasteiger partial charge in [-0.15, -0.1) is 11.3 Å². The van der Waals surface area contributed by atoms with E-state index in [-0.39, 0.29) is 11.3 Å². The topological polar surface area (TPSA) is 26.3 Å². The summed E-state index contributed by atoms with van der Waals surface area (Å²) in [5, 5.41) is 1.65. The average Bonchev–Trinajstić information content (AvgIpc) is 2.73. The van der Waals surface area contributed by atoms with Gasteiger partial charge in [-0.3, -0.25) is 4.79 Å². The smallest absolute Gasteiger partial charge is 0.416 e. The van der Waals surface area contributed by atoms with Crippen molar-refractivity contribution < 1.29 is 22.7 Å². The summed E-state index contributed by atoms with van der Waals surface area (Å²) < 4.78 is 43.6. The van der Waals surface area contributed by atoms with E-state index in [9.17, 15) is 18.0 Å². The molecule has 0 saturated carbocycles. The van der Waals surface area contributed by atoms with E-state index in [2.05, 4.69) is 0 Å². The molecule has 0 atom stereocenters. The molecule has 2 rings (SSSR count). The van der Waals surface area contributed by atoms with Crippen molar-refractivity contribution in [2.24, 2.45) is 0 Å².